The fourth-order valence-electron chi connectivity index (χ4n) is 2.17. The van der Waals surface area contributed by atoms with Gasteiger partial charge in [0.05, 0.1) is 20.8 Å². The first-order chi connectivity index (χ1) is 12.5. The van der Waals surface area contributed by atoms with E-state index in [4.69, 9.17) is 14.2 Å². The number of amides is 2. The molecule has 7 heteroatoms. The first kappa shape index (κ1) is 19.1. The molecule has 7 nitrogen and oxygen atoms in total. The molecule has 2 aromatic rings. The molecule has 2 aromatic carbocycles. The van der Waals surface area contributed by atoms with E-state index in [-0.39, 0.29) is 19.1 Å². The van der Waals surface area contributed by atoms with E-state index in [0.29, 0.717) is 22.9 Å². The van der Waals surface area contributed by atoms with E-state index >= 15 is 0 Å². The van der Waals surface area contributed by atoms with Crippen LogP contribution >= 0.6 is 0 Å². The predicted molar refractivity (Wildman–Crippen MR) is 97.9 cm³/mol. The molecule has 0 aliphatic heterocycles. The molecule has 0 bridgehead atoms. The predicted octanol–water partition coefficient (Wildman–Crippen LogP) is 2.15. The molecule has 0 spiro atoms. The summed E-state index contributed by atoms with van der Waals surface area (Å²) in [6.45, 7) is 1.52. The second kappa shape index (κ2) is 9.31. The van der Waals surface area contributed by atoms with Gasteiger partial charge in [-0.05, 0) is 42.8 Å². The Kier molecular flexibility index (Phi) is 6.84. The zero-order chi connectivity index (χ0) is 18.9. The smallest absolute Gasteiger partial charge is 0.258 e. The summed E-state index contributed by atoms with van der Waals surface area (Å²) in [5, 5.41) is 5.25. The van der Waals surface area contributed by atoms with Crippen LogP contribution in [0.15, 0.2) is 42.5 Å². The minimum Gasteiger partial charge on any atom is -0.497 e. The molecule has 0 saturated heterocycles. The molecule has 0 aliphatic carbocycles. The number of anilines is 1. The molecule has 0 atom stereocenters. The van der Waals surface area contributed by atoms with Gasteiger partial charge in [-0.25, -0.2) is 0 Å². The van der Waals surface area contributed by atoms with E-state index in [1.54, 1.807) is 50.6 Å². The van der Waals surface area contributed by atoms with Gasteiger partial charge in [0.15, 0.2) is 6.61 Å². The lowest BCUT2D eigenvalue weighted by atomic mass is 10.2. The molecule has 2 N–H and O–H groups in total. The summed E-state index contributed by atoms with van der Waals surface area (Å²) >= 11 is 0. The maximum Gasteiger partial charge on any atom is 0.258 e. The van der Waals surface area contributed by atoms with Crippen LogP contribution < -0.4 is 24.8 Å². The van der Waals surface area contributed by atoms with Gasteiger partial charge in [-0.3, -0.25) is 9.59 Å². The van der Waals surface area contributed by atoms with Gasteiger partial charge in [0.2, 0.25) is 5.91 Å². The van der Waals surface area contributed by atoms with E-state index in [1.807, 2.05) is 13.0 Å². The quantitative estimate of drug-likeness (QED) is 0.755. The zero-order valence-electron chi connectivity index (χ0n) is 15.0. The summed E-state index contributed by atoms with van der Waals surface area (Å²) in [6, 6.07) is 12.2. The molecular formula is C19H22N2O5. The van der Waals surface area contributed by atoms with Gasteiger partial charge in [-0.15, -0.1) is 0 Å². The van der Waals surface area contributed by atoms with Crippen molar-refractivity contribution in [1.29, 1.82) is 0 Å². The molecule has 0 aromatic heterocycles. The standard InChI is InChI=1S/C19H22N2O5/c1-13-9-15(25-3)7-8-17(13)21-18(22)11-20-19(23)12-26-16-6-4-5-14(10-16)24-2/h4-10H,11-12H2,1-3H3,(H,20,23)(H,21,22). The number of nitrogens with one attached hydrogen (secondary N) is 2. The van der Waals surface area contributed by atoms with Crippen molar-refractivity contribution in [3.8, 4) is 17.2 Å². The highest BCUT2D eigenvalue weighted by atomic mass is 16.5. The first-order valence-electron chi connectivity index (χ1n) is 8.00. The second-order valence-electron chi connectivity index (χ2n) is 5.47. The van der Waals surface area contributed by atoms with Crippen molar-refractivity contribution in [3.05, 3.63) is 48.0 Å². The third-order valence-corrected chi connectivity index (χ3v) is 3.56. The van der Waals surface area contributed by atoms with E-state index in [9.17, 15) is 9.59 Å². The van der Waals surface area contributed by atoms with Crippen molar-refractivity contribution >= 4 is 17.5 Å². The maximum atomic E-state index is 12.0. The average Bonchev–Trinajstić information content (AvgIpc) is 2.66. The van der Waals surface area contributed by atoms with Crippen LogP contribution in [-0.4, -0.2) is 39.2 Å². The Morgan fingerprint density at radius 1 is 0.923 bits per heavy atom. The van der Waals surface area contributed by atoms with Crippen LogP contribution in [0, 0.1) is 6.92 Å². The minimum atomic E-state index is -0.394. The van der Waals surface area contributed by atoms with Crippen LogP contribution in [0.1, 0.15) is 5.56 Å². The Morgan fingerprint density at radius 3 is 2.31 bits per heavy atom. The van der Waals surface area contributed by atoms with Crippen molar-refractivity contribution in [2.45, 2.75) is 6.92 Å². The highest BCUT2D eigenvalue weighted by Crippen LogP contribution is 2.21. The zero-order valence-corrected chi connectivity index (χ0v) is 15.0. The third-order valence-electron chi connectivity index (χ3n) is 3.56. The number of ether oxygens (including phenoxy) is 3. The SMILES string of the molecule is COc1cccc(OCC(=O)NCC(=O)Nc2ccc(OC)cc2C)c1. The van der Waals surface area contributed by atoms with Crippen LogP contribution in [0.2, 0.25) is 0 Å². The molecule has 0 unspecified atom stereocenters. The van der Waals surface area contributed by atoms with Gasteiger partial charge in [0.25, 0.3) is 5.91 Å². The molecule has 0 aliphatic rings. The highest BCUT2D eigenvalue weighted by molar-refractivity contribution is 5.95. The summed E-state index contributed by atoms with van der Waals surface area (Å²) in [5.74, 6) is 1.14. The van der Waals surface area contributed by atoms with Crippen LogP contribution in [0.25, 0.3) is 0 Å². The van der Waals surface area contributed by atoms with Crippen molar-refractivity contribution < 1.29 is 23.8 Å². The summed E-state index contributed by atoms with van der Waals surface area (Å²) in [5.41, 5.74) is 1.53. The summed E-state index contributed by atoms with van der Waals surface area (Å²) < 4.78 is 15.6. The molecule has 26 heavy (non-hydrogen) atoms. The number of hydrogen-bond acceptors (Lipinski definition) is 5. The number of methoxy groups -OCH3 is 2. The Hall–Kier alpha value is -3.22. The van der Waals surface area contributed by atoms with Gasteiger partial charge in [-0.1, -0.05) is 6.07 Å². The lowest BCUT2D eigenvalue weighted by molar-refractivity contribution is -0.125. The Morgan fingerprint density at radius 2 is 1.62 bits per heavy atom. The number of rotatable bonds is 8. The van der Waals surface area contributed by atoms with E-state index in [0.717, 1.165) is 5.56 Å². The molecule has 138 valence electrons. The van der Waals surface area contributed by atoms with Gasteiger partial charge < -0.3 is 24.8 Å². The average molecular weight is 358 g/mol. The van der Waals surface area contributed by atoms with Gasteiger partial charge >= 0.3 is 0 Å². The monoisotopic (exact) mass is 358 g/mol. The van der Waals surface area contributed by atoms with Crippen LogP contribution in [0.3, 0.4) is 0 Å². The number of aryl methyl sites for hydroxylation is 1. The van der Waals surface area contributed by atoms with Crippen LogP contribution in [0.5, 0.6) is 17.2 Å². The van der Waals surface area contributed by atoms with Gasteiger partial charge in [0.1, 0.15) is 17.2 Å². The van der Waals surface area contributed by atoms with Crippen molar-refractivity contribution in [3.63, 3.8) is 0 Å². The lowest BCUT2D eigenvalue weighted by Crippen LogP contribution is -2.35. The van der Waals surface area contributed by atoms with Crippen molar-refractivity contribution in [2.24, 2.45) is 0 Å². The van der Waals surface area contributed by atoms with Gasteiger partial charge in [0, 0.05) is 11.8 Å². The molecule has 0 heterocycles. The Balaban J connectivity index is 1.77. The van der Waals surface area contributed by atoms with Crippen molar-refractivity contribution in [1.82, 2.24) is 5.32 Å². The molecule has 0 saturated carbocycles. The number of hydrogen-bond donors (Lipinski definition) is 2. The fourth-order valence-corrected chi connectivity index (χ4v) is 2.17. The van der Waals surface area contributed by atoms with Crippen LogP contribution in [0.4, 0.5) is 5.69 Å². The Labute approximate surface area is 152 Å². The van der Waals surface area contributed by atoms with E-state index in [2.05, 4.69) is 10.6 Å². The number of benzene rings is 2. The van der Waals surface area contributed by atoms with E-state index in [1.165, 1.54) is 0 Å². The van der Waals surface area contributed by atoms with E-state index < -0.39 is 5.91 Å². The molecule has 2 amide bonds. The highest BCUT2D eigenvalue weighted by Gasteiger charge is 2.09. The molecule has 0 radical (unpaired) electrons. The third kappa shape index (κ3) is 5.70. The number of carbonyl (C=O) groups is 2. The van der Waals surface area contributed by atoms with Crippen LogP contribution in [-0.2, 0) is 9.59 Å². The molecular weight excluding hydrogens is 336 g/mol. The summed E-state index contributed by atoms with van der Waals surface area (Å²) in [7, 11) is 3.13. The normalized spacial score (nSPS) is 9.96. The first-order valence-corrected chi connectivity index (χ1v) is 8.00. The van der Waals surface area contributed by atoms with Crippen molar-refractivity contribution in [2.75, 3.05) is 32.7 Å². The molecule has 2 rings (SSSR count). The lowest BCUT2D eigenvalue weighted by Gasteiger charge is -2.11. The fraction of sp³-hybridized carbons (Fsp3) is 0.263. The summed E-state index contributed by atoms with van der Waals surface area (Å²) in [6.07, 6.45) is 0. The maximum absolute atomic E-state index is 12.0. The number of carbonyl (C=O) groups excluding carboxylic acids is 2. The van der Waals surface area contributed by atoms with Gasteiger partial charge in [-0.2, -0.15) is 0 Å². The minimum absolute atomic E-state index is 0.147. The topological polar surface area (TPSA) is 85.9 Å². The summed E-state index contributed by atoms with van der Waals surface area (Å²) in [4.78, 5) is 23.8. The second-order valence-corrected chi connectivity index (χ2v) is 5.47. The Bertz CT molecular complexity index is 776. The molecule has 0 fully saturated rings. The largest absolute Gasteiger partial charge is 0.497 e.